The number of alkyl halides is 3. The van der Waals surface area contributed by atoms with E-state index in [-0.39, 0.29) is 17.6 Å². The number of phenolic OH excluding ortho intramolecular Hbond substituents is 1. The number of aromatic hydroxyl groups is 1. The molecule has 3 aromatic rings. The molecule has 142 valence electrons. The number of fused-ring (bicyclic) bond motifs is 1. The molecule has 0 amide bonds. The summed E-state index contributed by atoms with van der Waals surface area (Å²) in [5.41, 5.74) is 2.74. The quantitative estimate of drug-likeness (QED) is 0.674. The molecule has 1 fully saturated rings. The molecule has 0 saturated carbocycles. The number of aromatic nitrogens is 1. The topological polar surface area (TPSA) is 45.6 Å². The van der Waals surface area contributed by atoms with Gasteiger partial charge in [0.2, 0.25) is 0 Å². The first-order valence-corrected chi connectivity index (χ1v) is 9.44. The van der Waals surface area contributed by atoms with Gasteiger partial charge in [-0.25, -0.2) is 4.98 Å². The summed E-state index contributed by atoms with van der Waals surface area (Å²) in [4.78, 5) is 6.53. The van der Waals surface area contributed by atoms with Crippen LogP contribution in [0.4, 0.5) is 18.9 Å². The van der Waals surface area contributed by atoms with Crippen LogP contribution in [0, 0.1) is 0 Å². The van der Waals surface area contributed by atoms with E-state index < -0.39 is 11.7 Å². The van der Waals surface area contributed by atoms with E-state index in [1.54, 1.807) is 17.6 Å². The molecule has 4 rings (SSSR count). The molecule has 0 spiro atoms. The second-order valence-corrected chi connectivity index (χ2v) is 7.32. The van der Waals surface area contributed by atoms with E-state index in [1.807, 2.05) is 6.07 Å². The maximum Gasteiger partial charge on any atom is 0.416 e. The van der Waals surface area contributed by atoms with Gasteiger partial charge in [0, 0.05) is 25.9 Å². The van der Waals surface area contributed by atoms with Crippen molar-refractivity contribution in [2.45, 2.75) is 25.1 Å². The van der Waals surface area contributed by atoms with Gasteiger partial charge in [-0.15, -0.1) is 11.3 Å². The Kier molecular flexibility index (Phi) is 4.59. The van der Waals surface area contributed by atoms with Gasteiger partial charge in [0.05, 0.1) is 21.5 Å². The number of rotatable bonds is 3. The highest BCUT2D eigenvalue weighted by molar-refractivity contribution is 7.17. The van der Waals surface area contributed by atoms with Crippen molar-refractivity contribution in [2.75, 3.05) is 18.0 Å². The van der Waals surface area contributed by atoms with Crippen LogP contribution in [0.1, 0.15) is 18.4 Å². The van der Waals surface area contributed by atoms with Crippen LogP contribution in [-0.4, -0.2) is 29.3 Å². The first-order chi connectivity index (χ1) is 12.9. The Hall–Kier alpha value is -2.48. The second kappa shape index (κ2) is 6.92. The third-order valence-electron chi connectivity index (χ3n) is 4.69. The highest BCUT2D eigenvalue weighted by Gasteiger charge is 2.31. The predicted octanol–water partition coefficient (Wildman–Crippen LogP) is 5.07. The first kappa shape index (κ1) is 17.9. The lowest BCUT2D eigenvalue weighted by Gasteiger charge is -2.34. The van der Waals surface area contributed by atoms with Crippen molar-refractivity contribution >= 4 is 27.2 Å². The Morgan fingerprint density at radius 2 is 1.93 bits per heavy atom. The van der Waals surface area contributed by atoms with Gasteiger partial charge in [-0.1, -0.05) is 6.07 Å². The van der Waals surface area contributed by atoms with E-state index in [4.69, 9.17) is 4.74 Å². The molecule has 1 aliphatic heterocycles. The number of nitrogens with zero attached hydrogens (tertiary/aromatic N) is 2. The van der Waals surface area contributed by atoms with Crippen molar-refractivity contribution in [3.63, 3.8) is 0 Å². The van der Waals surface area contributed by atoms with Crippen molar-refractivity contribution in [1.82, 2.24) is 4.98 Å². The molecule has 0 unspecified atom stereocenters. The Bertz CT molecular complexity index is 950. The van der Waals surface area contributed by atoms with Gasteiger partial charge in [-0.3, -0.25) is 0 Å². The molecule has 4 nitrogen and oxygen atoms in total. The van der Waals surface area contributed by atoms with Crippen LogP contribution < -0.4 is 9.64 Å². The molecule has 1 aliphatic rings. The molecule has 1 aromatic heterocycles. The third-order valence-corrected chi connectivity index (χ3v) is 5.54. The highest BCUT2D eigenvalue weighted by Crippen LogP contribution is 2.36. The summed E-state index contributed by atoms with van der Waals surface area (Å²) in [6, 6.07) is 8.53. The van der Waals surface area contributed by atoms with E-state index in [9.17, 15) is 18.3 Å². The van der Waals surface area contributed by atoms with Crippen LogP contribution in [0.5, 0.6) is 11.5 Å². The molecular formula is C19H17F3N2O2S. The summed E-state index contributed by atoms with van der Waals surface area (Å²) in [6.45, 7) is 1.42. The number of benzene rings is 2. The smallest absolute Gasteiger partial charge is 0.416 e. The van der Waals surface area contributed by atoms with Crippen molar-refractivity contribution in [3.05, 3.63) is 47.5 Å². The number of anilines is 1. The summed E-state index contributed by atoms with van der Waals surface area (Å²) in [5, 5.41) is 9.92. The number of hydrogen-bond acceptors (Lipinski definition) is 5. The van der Waals surface area contributed by atoms with Crippen LogP contribution >= 0.6 is 11.3 Å². The van der Waals surface area contributed by atoms with Crippen molar-refractivity contribution < 1.29 is 23.0 Å². The van der Waals surface area contributed by atoms with E-state index in [1.165, 1.54) is 17.4 Å². The van der Waals surface area contributed by atoms with E-state index in [2.05, 4.69) is 9.88 Å². The fourth-order valence-corrected chi connectivity index (χ4v) is 4.05. The Morgan fingerprint density at radius 3 is 2.67 bits per heavy atom. The van der Waals surface area contributed by atoms with E-state index in [0.717, 1.165) is 28.0 Å². The largest absolute Gasteiger partial charge is 0.506 e. The average molecular weight is 394 g/mol. The number of thiazole rings is 1. The van der Waals surface area contributed by atoms with Gasteiger partial charge in [0.1, 0.15) is 23.1 Å². The zero-order valence-corrected chi connectivity index (χ0v) is 15.1. The molecular weight excluding hydrogens is 377 g/mol. The third kappa shape index (κ3) is 3.66. The SMILES string of the molecule is Oc1ccc(N2CCC(Oc3cccc(C(F)(F)F)c3)CC2)c2ncsc12. The lowest BCUT2D eigenvalue weighted by Crippen LogP contribution is -2.38. The number of piperidine rings is 1. The Morgan fingerprint density at radius 1 is 1.15 bits per heavy atom. The minimum Gasteiger partial charge on any atom is -0.506 e. The number of phenols is 1. The summed E-state index contributed by atoms with van der Waals surface area (Å²) >= 11 is 1.39. The van der Waals surface area contributed by atoms with Crippen molar-refractivity contribution in [3.8, 4) is 11.5 Å². The molecule has 2 heterocycles. The summed E-state index contributed by atoms with van der Waals surface area (Å²) in [6.07, 6.45) is -3.11. The van der Waals surface area contributed by atoms with Gasteiger partial charge in [0.15, 0.2) is 0 Å². The molecule has 2 aromatic carbocycles. The van der Waals surface area contributed by atoms with E-state index in [0.29, 0.717) is 25.9 Å². The van der Waals surface area contributed by atoms with Crippen molar-refractivity contribution in [1.29, 1.82) is 0 Å². The number of ether oxygens (including phenoxy) is 1. The molecule has 1 saturated heterocycles. The predicted molar refractivity (Wildman–Crippen MR) is 98.6 cm³/mol. The summed E-state index contributed by atoms with van der Waals surface area (Å²) in [7, 11) is 0. The molecule has 0 bridgehead atoms. The minimum atomic E-state index is -4.37. The normalized spacial score (nSPS) is 16.0. The van der Waals surface area contributed by atoms with Crippen LogP contribution in [0.25, 0.3) is 10.2 Å². The van der Waals surface area contributed by atoms with Gasteiger partial charge in [-0.2, -0.15) is 13.2 Å². The summed E-state index contributed by atoms with van der Waals surface area (Å²) < 4.78 is 45.0. The van der Waals surface area contributed by atoms with Gasteiger partial charge in [-0.05, 0) is 30.3 Å². The molecule has 0 aliphatic carbocycles. The maximum atomic E-state index is 12.8. The number of halogens is 3. The monoisotopic (exact) mass is 394 g/mol. The molecule has 0 radical (unpaired) electrons. The Labute approximate surface area is 157 Å². The second-order valence-electron chi connectivity index (χ2n) is 6.46. The molecule has 8 heteroatoms. The number of hydrogen-bond donors (Lipinski definition) is 1. The van der Waals surface area contributed by atoms with Crippen LogP contribution in [0.15, 0.2) is 41.9 Å². The first-order valence-electron chi connectivity index (χ1n) is 8.56. The standard InChI is InChI=1S/C19H17F3N2O2S/c20-19(21,22)12-2-1-3-14(10-12)26-13-6-8-24(9-7-13)15-4-5-16(25)18-17(15)23-11-27-18/h1-5,10-11,13,25H,6-9H2. The fourth-order valence-electron chi connectivity index (χ4n) is 3.33. The van der Waals surface area contributed by atoms with E-state index >= 15 is 0 Å². The van der Waals surface area contributed by atoms with Crippen LogP contribution in [-0.2, 0) is 6.18 Å². The molecule has 0 atom stereocenters. The van der Waals surface area contributed by atoms with Crippen LogP contribution in [0.2, 0.25) is 0 Å². The molecule has 27 heavy (non-hydrogen) atoms. The highest BCUT2D eigenvalue weighted by atomic mass is 32.1. The van der Waals surface area contributed by atoms with Crippen molar-refractivity contribution in [2.24, 2.45) is 0 Å². The fraction of sp³-hybridized carbons (Fsp3) is 0.316. The average Bonchev–Trinajstić information content (AvgIpc) is 3.13. The minimum absolute atomic E-state index is 0.132. The Balaban J connectivity index is 1.43. The maximum absolute atomic E-state index is 12.8. The zero-order valence-electron chi connectivity index (χ0n) is 14.2. The zero-order chi connectivity index (χ0) is 19.0. The van der Waals surface area contributed by atoms with Crippen LogP contribution in [0.3, 0.4) is 0 Å². The van der Waals surface area contributed by atoms with Gasteiger partial charge in [0.25, 0.3) is 0 Å². The van der Waals surface area contributed by atoms with Gasteiger partial charge >= 0.3 is 6.18 Å². The lowest BCUT2D eigenvalue weighted by atomic mass is 10.1. The summed E-state index contributed by atoms with van der Waals surface area (Å²) in [5.74, 6) is 0.466. The lowest BCUT2D eigenvalue weighted by molar-refractivity contribution is -0.137. The van der Waals surface area contributed by atoms with Gasteiger partial charge < -0.3 is 14.7 Å². The molecule has 1 N–H and O–H groups in total.